The largest absolute Gasteiger partial charge is 0.462 e. The zero-order chi connectivity index (χ0) is 23.6. The van der Waals surface area contributed by atoms with Gasteiger partial charge < -0.3 is 14.8 Å². The second-order valence-corrected chi connectivity index (χ2v) is 8.88. The Labute approximate surface area is 195 Å². The SMILES string of the molecule is CCOC(=O)c1sc(NC(=O)Cn2nc(C(F)F)c(Br)c2C2CC2)c(C(=O)OCC)c1C. The molecule has 0 aromatic carbocycles. The van der Waals surface area contributed by atoms with Crippen LogP contribution in [0.3, 0.4) is 0 Å². The molecule has 1 aliphatic carbocycles. The Bertz CT molecular complexity index is 1050. The van der Waals surface area contributed by atoms with Crippen molar-refractivity contribution in [2.45, 2.75) is 52.5 Å². The molecular weight excluding hydrogens is 512 g/mol. The molecule has 0 unspecified atom stereocenters. The minimum atomic E-state index is -2.78. The van der Waals surface area contributed by atoms with E-state index in [-0.39, 0.29) is 45.6 Å². The predicted octanol–water partition coefficient (Wildman–Crippen LogP) is 4.82. The lowest BCUT2D eigenvalue weighted by atomic mass is 10.1. The molecule has 3 rings (SSSR count). The number of hydrogen-bond acceptors (Lipinski definition) is 7. The fraction of sp³-hybridized carbons (Fsp3) is 0.500. The second kappa shape index (κ2) is 10.1. The van der Waals surface area contributed by atoms with Gasteiger partial charge in [0, 0.05) is 5.92 Å². The molecule has 0 saturated heterocycles. The summed E-state index contributed by atoms with van der Waals surface area (Å²) in [5, 5.41) is 6.65. The summed E-state index contributed by atoms with van der Waals surface area (Å²) in [5.41, 5.74) is 0.535. The highest BCUT2D eigenvalue weighted by atomic mass is 79.9. The number of hydrogen-bond donors (Lipinski definition) is 1. The Hall–Kier alpha value is -2.34. The average molecular weight is 534 g/mol. The molecule has 1 fully saturated rings. The molecule has 2 aromatic heterocycles. The topological polar surface area (TPSA) is 99.5 Å². The zero-order valence-corrected chi connectivity index (χ0v) is 20.1. The quantitative estimate of drug-likeness (QED) is 0.463. The highest BCUT2D eigenvalue weighted by Gasteiger charge is 2.34. The number of alkyl halides is 2. The van der Waals surface area contributed by atoms with Crippen LogP contribution in [0.15, 0.2) is 4.47 Å². The van der Waals surface area contributed by atoms with Crippen molar-refractivity contribution < 1.29 is 32.6 Å². The number of rotatable bonds is 9. The molecule has 1 saturated carbocycles. The van der Waals surface area contributed by atoms with Crippen molar-refractivity contribution in [1.29, 1.82) is 0 Å². The Balaban J connectivity index is 1.89. The van der Waals surface area contributed by atoms with Crippen LogP contribution in [0.4, 0.5) is 13.8 Å². The van der Waals surface area contributed by atoms with Gasteiger partial charge in [-0.1, -0.05) is 0 Å². The number of thiophene rings is 1. The summed E-state index contributed by atoms with van der Waals surface area (Å²) in [6, 6.07) is 0. The second-order valence-electron chi connectivity index (χ2n) is 7.07. The van der Waals surface area contributed by atoms with Gasteiger partial charge in [-0.25, -0.2) is 18.4 Å². The van der Waals surface area contributed by atoms with Crippen LogP contribution in [0.1, 0.15) is 76.0 Å². The smallest absolute Gasteiger partial charge is 0.348 e. The number of nitrogens with zero attached hydrogens (tertiary/aromatic N) is 2. The average Bonchev–Trinajstić information content (AvgIpc) is 3.42. The van der Waals surface area contributed by atoms with Gasteiger partial charge in [0.2, 0.25) is 5.91 Å². The van der Waals surface area contributed by atoms with Crippen LogP contribution < -0.4 is 5.32 Å². The lowest BCUT2D eigenvalue weighted by Crippen LogP contribution is -2.21. The molecule has 8 nitrogen and oxygen atoms in total. The summed E-state index contributed by atoms with van der Waals surface area (Å²) >= 11 is 4.08. The lowest BCUT2D eigenvalue weighted by Gasteiger charge is -2.09. The molecule has 0 spiro atoms. The summed E-state index contributed by atoms with van der Waals surface area (Å²) in [6.45, 7) is 4.79. The van der Waals surface area contributed by atoms with Gasteiger partial charge in [0.1, 0.15) is 22.1 Å². The van der Waals surface area contributed by atoms with Crippen LogP contribution in [0, 0.1) is 6.92 Å². The molecule has 0 radical (unpaired) electrons. The highest BCUT2D eigenvalue weighted by Crippen LogP contribution is 2.45. The molecule has 1 N–H and O–H groups in total. The number of ether oxygens (including phenoxy) is 2. The third-order valence-electron chi connectivity index (χ3n) is 4.76. The van der Waals surface area contributed by atoms with Crippen molar-refractivity contribution in [1.82, 2.24) is 9.78 Å². The molecule has 174 valence electrons. The monoisotopic (exact) mass is 533 g/mol. The molecule has 0 bridgehead atoms. The van der Waals surface area contributed by atoms with Crippen molar-refractivity contribution >= 4 is 50.1 Å². The van der Waals surface area contributed by atoms with E-state index in [1.54, 1.807) is 20.8 Å². The Morgan fingerprint density at radius 1 is 1.22 bits per heavy atom. The van der Waals surface area contributed by atoms with Gasteiger partial charge in [-0.05, 0) is 55.1 Å². The molecule has 0 atom stereocenters. The number of nitrogens with one attached hydrogen (secondary N) is 1. The van der Waals surface area contributed by atoms with Crippen LogP contribution in [0.25, 0.3) is 0 Å². The first-order valence-corrected chi connectivity index (χ1v) is 11.6. The standard InChI is InChI=1S/C20H22BrF2N3O5S/c1-4-30-19(28)12-9(3)16(20(29)31-5-2)32-18(12)24-11(27)8-26-15(10-6-7-10)13(21)14(25-26)17(22)23/h10,17H,4-8H2,1-3H3,(H,24,27). The van der Waals surface area contributed by atoms with Crippen LogP contribution in [-0.4, -0.2) is 40.8 Å². The number of esters is 2. The fourth-order valence-electron chi connectivity index (χ4n) is 3.22. The Kier molecular flexibility index (Phi) is 7.65. The van der Waals surface area contributed by atoms with E-state index in [0.717, 1.165) is 24.2 Å². The summed E-state index contributed by atoms with van der Waals surface area (Å²) in [4.78, 5) is 37.7. The first-order chi connectivity index (χ1) is 15.2. The number of anilines is 1. The van der Waals surface area contributed by atoms with Crippen LogP contribution in [0.5, 0.6) is 0 Å². The van der Waals surface area contributed by atoms with E-state index in [0.29, 0.717) is 11.3 Å². The van der Waals surface area contributed by atoms with Crippen molar-refractivity contribution in [3.63, 3.8) is 0 Å². The Morgan fingerprint density at radius 3 is 2.41 bits per heavy atom. The third-order valence-corrected chi connectivity index (χ3v) is 6.76. The number of aromatic nitrogens is 2. The van der Waals surface area contributed by atoms with Gasteiger partial charge in [0.05, 0.1) is 28.9 Å². The number of amides is 1. The normalized spacial score (nSPS) is 13.3. The number of carbonyl (C=O) groups is 3. The first-order valence-electron chi connectivity index (χ1n) is 10.0. The summed E-state index contributed by atoms with van der Waals surface area (Å²) in [6.07, 6.45) is -1.13. The van der Waals surface area contributed by atoms with E-state index >= 15 is 0 Å². The molecule has 1 amide bonds. The molecular formula is C20H22BrF2N3O5S. The van der Waals surface area contributed by atoms with E-state index in [1.807, 2.05) is 0 Å². The van der Waals surface area contributed by atoms with Crippen molar-refractivity contribution in [2.75, 3.05) is 18.5 Å². The first kappa shape index (κ1) is 24.3. The highest BCUT2D eigenvalue weighted by molar-refractivity contribution is 9.10. The van der Waals surface area contributed by atoms with Gasteiger partial charge in [-0.15, -0.1) is 11.3 Å². The van der Waals surface area contributed by atoms with Gasteiger partial charge in [-0.2, -0.15) is 5.10 Å². The fourth-order valence-corrected chi connectivity index (χ4v) is 5.11. The van der Waals surface area contributed by atoms with Gasteiger partial charge in [0.25, 0.3) is 6.43 Å². The van der Waals surface area contributed by atoms with Crippen molar-refractivity contribution in [3.05, 3.63) is 31.9 Å². The maximum absolute atomic E-state index is 13.3. The van der Waals surface area contributed by atoms with E-state index in [4.69, 9.17) is 9.47 Å². The summed E-state index contributed by atoms with van der Waals surface area (Å²) in [7, 11) is 0. The van der Waals surface area contributed by atoms with Crippen LogP contribution >= 0.6 is 27.3 Å². The van der Waals surface area contributed by atoms with Crippen molar-refractivity contribution in [2.24, 2.45) is 0 Å². The molecule has 2 heterocycles. The maximum Gasteiger partial charge on any atom is 0.348 e. The van der Waals surface area contributed by atoms with E-state index in [2.05, 4.69) is 26.3 Å². The van der Waals surface area contributed by atoms with E-state index in [1.165, 1.54) is 4.68 Å². The lowest BCUT2D eigenvalue weighted by molar-refractivity contribution is -0.116. The van der Waals surface area contributed by atoms with Gasteiger partial charge in [-0.3, -0.25) is 9.48 Å². The molecule has 0 aliphatic heterocycles. The van der Waals surface area contributed by atoms with Gasteiger partial charge >= 0.3 is 11.9 Å². The van der Waals surface area contributed by atoms with Crippen LogP contribution in [-0.2, 0) is 20.8 Å². The maximum atomic E-state index is 13.3. The number of carbonyl (C=O) groups excluding carboxylic acids is 3. The molecule has 32 heavy (non-hydrogen) atoms. The molecule has 2 aromatic rings. The molecule has 12 heteroatoms. The Morgan fingerprint density at radius 2 is 1.84 bits per heavy atom. The predicted molar refractivity (Wildman–Crippen MR) is 116 cm³/mol. The van der Waals surface area contributed by atoms with Crippen molar-refractivity contribution in [3.8, 4) is 0 Å². The zero-order valence-electron chi connectivity index (χ0n) is 17.7. The van der Waals surface area contributed by atoms with E-state index < -0.39 is 30.0 Å². The van der Waals surface area contributed by atoms with Gasteiger partial charge in [0.15, 0.2) is 0 Å². The minimum Gasteiger partial charge on any atom is -0.462 e. The third kappa shape index (κ3) is 5.01. The minimum absolute atomic E-state index is 0.0607. The van der Waals surface area contributed by atoms with Crippen LogP contribution in [0.2, 0.25) is 0 Å². The van der Waals surface area contributed by atoms with E-state index in [9.17, 15) is 23.2 Å². The molecule has 1 aliphatic rings. The summed E-state index contributed by atoms with van der Waals surface area (Å²) < 4.78 is 38.1. The summed E-state index contributed by atoms with van der Waals surface area (Å²) in [5.74, 6) is -1.82. The number of halogens is 3.